The van der Waals surface area contributed by atoms with Crippen molar-refractivity contribution in [1.82, 2.24) is 5.32 Å². The Hall–Kier alpha value is -2.58. The maximum Gasteiger partial charge on any atom is 0.311 e. The highest BCUT2D eigenvalue weighted by Gasteiger charge is 2.19. The lowest BCUT2D eigenvalue weighted by atomic mass is 10.2. The van der Waals surface area contributed by atoms with Gasteiger partial charge in [0.25, 0.3) is 0 Å². The quantitative estimate of drug-likeness (QED) is 0.635. The zero-order valence-electron chi connectivity index (χ0n) is 16.3. The van der Waals surface area contributed by atoms with Crippen LogP contribution in [0.4, 0.5) is 11.4 Å². The van der Waals surface area contributed by atoms with Crippen molar-refractivity contribution < 1.29 is 14.3 Å². The van der Waals surface area contributed by atoms with Crippen LogP contribution in [0, 0.1) is 0 Å². The molecule has 0 bridgehead atoms. The highest BCUT2D eigenvalue weighted by molar-refractivity contribution is 8.15. The van der Waals surface area contributed by atoms with Crippen LogP contribution >= 0.6 is 23.1 Å². The molecule has 2 N–H and O–H groups in total. The number of carbonyl (C=O) groups is 2. The van der Waals surface area contributed by atoms with Crippen molar-refractivity contribution in [3.63, 3.8) is 0 Å². The van der Waals surface area contributed by atoms with E-state index in [4.69, 9.17) is 4.74 Å². The number of fused-ring (bicyclic) bond motifs is 1. The Labute approximate surface area is 178 Å². The molecule has 0 spiro atoms. The minimum Gasteiger partial charge on any atom is -0.466 e. The summed E-state index contributed by atoms with van der Waals surface area (Å²) in [5.41, 5.74) is 2.26. The SMILES string of the molecule is CCOC(=O)CC1=CC(SC(C)C(=O)NCc2cccs2)=Nc2ccccc2N1. The number of thioether (sulfide) groups is 1. The van der Waals surface area contributed by atoms with Gasteiger partial charge >= 0.3 is 5.97 Å². The van der Waals surface area contributed by atoms with Crippen LogP contribution in [0.2, 0.25) is 0 Å². The number of carbonyl (C=O) groups excluding carboxylic acids is 2. The first-order chi connectivity index (χ1) is 14.0. The average Bonchev–Trinajstić information content (AvgIpc) is 3.15. The van der Waals surface area contributed by atoms with Gasteiger partial charge in [0.2, 0.25) is 5.91 Å². The summed E-state index contributed by atoms with van der Waals surface area (Å²) < 4.78 is 5.07. The van der Waals surface area contributed by atoms with Gasteiger partial charge in [0, 0.05) is 10.6 Å². The summed E-state index contributed by atoms with van der Waals surface area (Å²) in [7, 11) is 0. The summed E-state index contributed by atoms with van der Waals surface area (Å²) in [4.78, 5) is 30.2. The van der Waals surface area contributed by atoms with E-state index >= 15 is 0 Å². The van der Waals surface area contributed by atoms with Gasteiger partial charge in [-0.1, -0.05) is 30.0 Å². The molecule has 2 heterocycles. The Bertz CT molecular complexity index is 923. The minimum absolute atomic E-state index is 0.0584. The van der Waals surface area contributed by atoms with Crippen molar-refractivity contribution in [1.29, 1.82) is 0 Å². The van der Waals surface area contributed by atoms with Crippen molar-refractivity contribution in [2.75, 3.05) is 11.9 Å². The lowest BCUT2D eigenvalue weighted by Gasteiger charge is -2.12. The fourth-order valence-electron chi connectivity index (χ4n) is 2.67. The Kier molecular flexibility index (Phi) is 7.48. The number of rotatable bonds is 7. The van der Waals surface area contributed by atoms with Crippen LogP contribution in [0.25, 0.3) is 0 Å². The van der Waals surface area contributed by atoms with Gasteiger partial charge in [-0.05, 0) is 43.5 Å². The van der Waals surface area contributed by atoms with Gasteiger partial charge < -0.3 is 15.4 Å². The van der Waals surface area contributed by atoms with Crippen molar-refractivity contribution in [2.45, 2.75) is 32.1 Å². The topological polar surface area (TPSA) is 79.8 Å². The van der Waals surface area contributed by atoms with E-state index in [1.54, 1.807) is 18.3 Å². The van der Waals surface area contributed by atoms with E-state index in [-0.39, 0.29) is 23.5 Å². The molecule has 1 aliphatic rings. The van der Waals surface area contributed by atoms with E-state index in [0.717, 1.165) is 16.3 Å². The van der Waals surface area contributed by atoms with Crippen molar-refractivity contribution in [3.05, 3.63) is 58.4 Å². The molecule has 0 saturated carbocycles. The molecule has 2 aromatic rings. The third-order valence-electron chi connectivity index (χ3n) is 4.05. The number of ether oxygens (including phenoxy) is 1. The molecule has 0 saturated heterocycles. The second-order valence-corrected chi connectivity index (χ2v) is 8.69. The Morgan fingerprint density at radius 3 is 2.86 bits per heavy atom. The molecular formula is C21H23N3O3S2. The van der Waals surface area contributed by atoms with Crippen LogP contribution < -0.4 is 10.6 Å². The molecular weight excluding hydrogens is 406 g/mol. The van der Waals surface area contributed by atoms with Crippen LogP contribution in [0.5, 0.6) is 0 Å². The third-order valence-corrected chi connectivity index (χ3v) is 5.95. The summed E-state index contributed by atoms with van der Waals surface area (Å²) in [5.74, 6) is -0.367. The number of benzene rings is 1. The van der Waals surface area contributed by atoms with Gasteiger partial charge in [-0.15, -0.1) is 11.3 Å². The number of esters is 1. The maximum absolute atomic E-state index is 12.5. The number of hydrogen-bond donors (Lipinski definition) is 2. The maximum atomic E-state index is 12.5. The first-order valence-corrected chi connectivity index (χ1v) is 11.1. The number of anilines is 1. The number of para-hydroxylation sites is 2. The second kappa shape index (κ2) is 10.3. The summed E-state index contributed by atoms with van der Waals surface area (Å²) in [5, 5.41) is 8.53. The second-order valence-electron chi connectivity index (χ2n) is 6.30. The third kappa shape index (κ3) is 6.20. The van der Waals surface area contributed by atoms with Crippen molar-refractivity contribution in [2.24, 2.45) is 4.99 Å². The molecule has 6 nitrogen and oxygen atoms in total. The molecule has 1 aromatic heterocycles. The number of amides is 1. The van der Waals surface area contributed by atoms with Crippen LogP contribution in [-0.4, -0.2) is 28.8 Å². The zero-order chi connectivity index (χ0) is 20.6. The van der Waals surface area contributed by atoms with E-state index in [0.29, 0.717) is 23.9 Å². The predicted molar refractivity (Wildman–Crippen MR) is 120 cm³/mol. The van der Waals surface area contributed by atoms with E-state index in [2.05, 4.69) is 15.6 Å². The lowest BCUT2D eigenvalue weighted by molar-refractivity contribution is -0.142. The van der Waals surface area contributed by atoms with E-state index < -0.39 is 0 Å². The first-order valence-electron chi connectivity index (χ1n) is 9.33. The van der Waals surface area contributed by atoms with Gasteiger partial charge in [0.1, 0.15) is 0 Å². The summed E-state index contributed by atoms with van der Waals surface area (Å²) >= 11 is 2.97. The highest BCUT2D eigenvalue weighted by atomic mass is 32.2. The standard InChI is InChI=1S/C21H23N3O3S2/c1-3-27-20(25)12-15-11-19(24-18-9-5-4-8-17(18)23-15)29-14(2)21(26)22-13-16-7-6-10-28-16/h4-11,14,23H,3,12-13H2,1-2H3,(H,22,26). The predicted octanol–water partition coefficient (Wildman–Crippen LogP) is 4.48. The largest absolute Gasteiger partial charge is 0.466 e. The summed E-state index contributed by atoms with van der Waals surface area (Å²) in [6.07, 6.45) is 1.92. The molecule has 1 aliphatic heterocycles. The smallest absolute Gasteiger partial charge is 0.311 e. The first kappa shape index (κ1) is 21.1. The van der Waals surface area contributed by atoms with E-state index in [1.165, 1.54) is 11.8 Å². The van der Waals surface area contributed by atoms with Crippen molar-refractivity contribution >= 4 is 51.4 Å². The molecule has 29 heavy (non-hydrogen) atoms. The number of nitrogens with zero attached hydrogens (tertiary/aromatic N) is 1. The molecule has 8 heteroatoms. The van der Waals surface area contributed by atoms with Gasteiger partial charge in [-0.25, -0.2) is 4.99 Å². The molecule has 3 rings (SSSR count). The molecule has 0 radical (unpaired) electrons. The fourth-order valence-corrected chi connectivity index (χ4v) is 4.23. The number of nitrogens with one attached hydrogen (secondary N) is 2. The normalized spacial score (nSPS) is 13.9. The zero-order valence-corrected chi connectivity index (χ0v) is 17.9. The number of aliphatic imine (C=N–C) groups is 1. The molecule has 1 amide bonds. The Morgan fingerprint density at radius 1 is 1.28 bits per heavy atom. The molecule has 0 fully saturated rings. The van der Waals surface area contributed by atoms with Crippen molar-refractivity contribution in [3.8, 4) is 0 Å². The lowest BCUT2D eigenvalue weighted by Crippen LogP contribution is -2.30. The Balaban J connectivity index is 1.72. The fraction of sp³-hybridized carbons (Fsp3) is 0.286. The minimum atomic E-state index is -0.334. The molecule has 0 aliphatic carbocycles. The summed E-state index contributed by atoms with van der Waals surface area (Å²) in [6.45, 7) is 4.48. The summed E-state index contributed by atoms with van der Waals surface area (Å²) in [6, 6.07) is 11.6. The molecule has 1 atom stereocenters. The van der Waals surface area contributed by atoms with Gasteiger partial charge in [0.05, 0.1) is 41.2 Å². The monoisotopic (exact) mass is 429 g/mol. The van der Waals surface area contributed by atoms with Crippen LogP contribution in [0.15, 0.2) is 58.5 Å². The van der Waals surface area contributed by atoms with Gasteiger partial charge in [0.15, 0.2) is 0 Å². The van der Waals surface area contributed by atoms with Crippen LogP contribution in [0.1, 0.15) is 25.1 Å². The average molecular weight is 430 g/mol. The molecule has 1 aromatic carbocycles. The number of hydrogen-bond acceptors (Lipinski definition) is 7. The molecule has 1 unspecified atom stereocenters. The van der Waals surface area contributed by atoms with Crippen LogP contribution in [0.3, 0.4) is 0 Å². The Morgan fingerprint density at radius 2 is 2.10 bits per heavy atom. The van der Waals surface area contributed by atoms with Crippen LogP contribution in [-0.2, 0) is 20.9 Å². The van der Waals surface area contributed by atoms with E-state index in [9.17, 15) is 9.59 Å². The van der Waals surface area contributed by atoms with E-state index in [1.807, 2.05) is 54.8 Å². The van der Waals surface area contributed by atoms with Gasteiger partial charge in [-0.3, -0.25) is 9.59 Å². The number of thiophene rings is 1. The highest BCUT2D eigenvalue weighted by Crippen LogP contribution is 2.32. The van der Waals surface area contributed by atoms with Gasteiger partial charge in [-0.2, -0.15) is 0 Å². The molecule has 152 valence electrons.